The molecule has 1 aromatic rings. The molecule has 0 radical (unpaired) electrons. The molecule has 28 heavy (non-hydrogen) atoms. The van der Waals surface area contributed by atoms with Crippen LogP contribution in [-0.4, -0.2) is 66.4 Å². The van der Waals surface area contributed by atoms with Gasteiger partial charge in [0.15, 0.2) is 11.6 Å². The maximum Gasteiger partial charge on any atom is 0.164 e. The molecule has 5 rings (SSSR count). The van der Waals surface area contributed by atoms with Gasteiger partial charge in [-0.25, -0.2) is 9.97 Å². The lowest BCUT2D eigenvalue weighted by molar-refractivity contribution is -0.161. The van der Waals surface area contributed by atoms with E-state index >= 15 is 0 Å². The van der Waals surface area contributed by atoms with Crippen molar-refractivity contribution in [3.63, 3.8) is 0 Å². The summed E-state index contributed by atoms with van der Waals surface area (Å²) in [5, 5.41) is 42.3. The number of hydrogen-bond donors (Lipinski definition) is 4. The van der Waals surface area contributed by atoms with Crippen LogP contribution in [0.2, 0.25) is 0 Å². The quantitative estimate of drug-likeness (QED) is 0.460. The molecule has 4 N–H and O–H groups in total. The van der Waals surface area contributed by atoms with Crippen molar-refractivity contribution in [3.8, 4) is 0 Å². The van der Waals surface area contributed by atoms with Gasteiger partial charge in [0.1, 0.15) is 48.8 Å². The van der Waals surface area contributed by atoms with Crippen LogP contribution in [-0.2, 0) is 18.9 Å². The van der Waals surface area contributed by atoms with Crippen molar-refractivity contribution >= 4 is 0 Å². The molecular weight excluding hydrogens is 372 g/mol. The summed E-state index contributed by atoms with van der Waals surface area (Å²) in [6, 6.07) is 0. The van der Waals surface area contributed by atoms with Gasteiger partial charge in [0.2, 0.25) is 0 Å². The van der Waals surface area contributed by atoms with Crippen LogP contribution < -0.4 is 0 Å². The topological polar surface area (TPSA) is 144 Å². The van der Waals surface area contributed by atoms with Crippen molar-refractivity contribution in [1.82, 2.24) is 9.97 Å². The second-order valence-electron chi connectivity index (χ2n) is 8.68. The van der Waals surface area contributed by atoms with Crippen LogP contribution >= 0.6 is 0 Å². The molecule has 2 aliphatic carbocycles. The van der Waals surface area contributed by atoms with Crippen molar-refractivity contribution in [2.45, 2.75) is 88.1 Å². The first-order valence-corrected chi connectivity index (χ1v) is 9.34. The molecule has 0 bridgehead atoms. The van der Waals surface area contributed by atoms with Gasteiger partial charge in [-0.05, 0) is 27.7 Å². The van der Waals surface area contributed by atoms with Crippen LogP contribution in [0, 0.1) is 0 Å². The van der Waals surface area contributed by atoms with Gasteiger partial charge in [-0.3, -0.25) is 0 Å². The second kappa shape index (κ2) is 5.67. The summed E-state index contributed by atoms with van der Waals surface area (Å²) < 4.78 is 23.2. The Labute approximate surface area is 161 Å². The maximum absolute atomic E-state index is 10.6. The third-order valence-electron chi connectivity index (χ3n) is 5.68. The highest BCUT2D eigenvalue weighted by atomic mass is 16.8. The zero-order valence-corrected chi connectivity index (χ0v) is 15.9. The first kappa shape index (κ1) is 18.8. The largest absolute Gasteiger partial charge is 0.387 e. The molecule has 4 aliphatic rings. The Bertz CT molecular complexity index is 762. The van der Waals surface area contributed by atoms with E-state index in [1.54, 1.807) is 27.7 Å². The number of ether oxygens (including phenoxy) is 4. The number of aromatic nitrogens is 2. The van der Waals surface area contributed by atoms with Crippen LogP contribution in [0.5, 0.6) is 0 Å². The average Bonchev–Trinajstić information content (AvgIpc) is 3.12. The zero-order chi connectivity index (χ0) is 20.2. The van der Waals surface area contributed by atoms with Gasteiger partial charge >= 0.3 is 0 Å². The lowest BCUT2D eigenvalue weighted by Gasteiger charge is -2.37. The minimum atomic E-state index is -1.34. The molecule has 10 nitrogen and oxygen atoms in total. The van der Waals surface area contributed by atoms with Gasteiger partial charge in [-0.2, -0.15) is 0 Å². The summed E-state index contributed by atoms with van der Waals surface area (Å²) in [6.45, 7) is 6.80. The third-order valence-corrected chi connectivity index (χ3v) is 5.68. The number of fused-ring (bicyclic) bond motifs is 6. The maximum atomic E-state index is 10.6. The fraction of sp³-hybridized carbons (Fsp3) is 0.778. The highest BCUT2D eigenvalue weighted by Gasteiger charge is 2.57. The highest BCUT2D eigenvalue weighted by Crippen LogP contribution is 2.50. The molecule has 8 atom stereocenters. The first-order valence-electron chi connectivity index (χ1n) is 9.34. The second-order valence-corrected chi connectivity index (χ2v) is 8.68. The Morgan fingerprint density at radius 3 is 1.32 bits per heavy atom. The summed E-state index contributed by atoms with van der Waals surface area (Å²) in [6.07, 6.45) is -8.37. The summed E-state index contributed by atoms with van der Waals surface area (Å²) >= 11 is 0. The van der Waals surface area contributed by atoms with Crippen LogP contribution in [0.3, 0.4) is 0 Å². The fourth-order valence-corrected chi connectivity index (χ4v) is 4.53. The van der Waals surface area contributed by atoms with E-state index in [1.165, 1.54) is 0 Å². The van der Waals surface area contributed by atoms with E-state index in [2.05, 4.69) is 9.97 Å². The molecule has 2 aliphatic heterocycles. The van der Waals surface area contributed by atoms with E-state index in [4.69, 9.17) is 18.9 Å². The molecule has 3 heterocycles. The van der Waals surface area contributed by atoms with E-state index in [0.717, 1.165) is 0 Å². The Balaban J connectivity index is 1.66. The van der Waals surface area contributed by atoms with E-state index in [0.29, 0.717) is 0 Å². The van der Waals surface area contributed by atoms with Crippen molar-refractivity contribution in [2.24, 2.45) is 0 Å². The number of hydrogen-bond acceptors (Lipinski definition) is 10. The molecule has 154 valence electrons. The van der Waals surface area contributed by atoms with Gasteiger partial charge < -0.3 is 39.4 Å². The zero-order valence-electron chi connectivity index (χ0n) is 15.9. The summed E-state index contributed by atoms with van der Waals surface area (Å²) in [4.78, 5) is 9.00. The van der Waals surface area contributed by atoms with E-state index in [1.807, 2.05) is 0 Å². The standard InChI is InChI=1S/C18H24N2O8/c1-17(2)25-13-7-5(9(21)11(23)15(13)27-17)20-8-6(19-7)10(22)12(24)16-14(8)26-18(3,4)28-16/h9-16,21-24H,1-4H3/t9-,10-,11-,12-,13-,14-,15+,16+/m1/s1. The Kier molecular flexibility index (Phi) is 3.80. The van der Waals surface area contributed by atoms with Crippen LogP contribution in [0.1, 0.15) is 74.9 Å². The van der Waals surface area contributed by atoms with Crippen LogP contribution in [0.4, 0.5) is 0 Å². The molecule has 0 aromatic carbocycles. The number of rotatable bonds is 0. The number of aliphatic hydroxyl groups excluding tert-OH is 4. The van der Waals surface area contributed by atoms with Gasteiger partial charge in [0, 0.05) is 0 Å². The lowest BCUT2D eigenvalue weighted by Crippen LogP contribution is -2.45. The van der Waals surface area contributed by atoms with Crippen molar-refractivity contribution in [2.75, 3.05) is 0 Å². The van der Waals surface area contributed by atoms with Gasteiger partial charge in [-0.1, -0.05) is 0 Å². The van der Waals surface area contributed by atoms with Gasteiger partial charge in [0.25, 0.3) is 0 Å². The normalized spacial score (nSPS) is 45.1. The first-order chi connectivity index (χ1) is 13.0. The molecule has 1 aromatic heterocycles. The Morgan fingerprint density at radius 1 is 0.607 bits per heavy atom. The van der Waals surface area contributed by atoms with Crippen molar-refractivity contribution in [1.29, 1.82) is 0 Å². The average molecular weight is 396 g/mol. The predicted molar refractivity (Wildman–Crippen MR) is 89.5 cm³/mol. The van der Waals surface area contributed by atoms with E-state index < -0.39 is 60.4 Å². The minimum absolute atomic E-state index is 0.143. The van der Waals surface area contributed by atoms with Gasteiger partial charge in [0.05, 0.1) is 22.8 Å². The third kappa shape index (κ3) is 2.50. The van der Waals surface area contributed by atoms with E-state index in [9.17, 15) is 20.4 Å². The summed E-state index contributed by atoms with van der Waals surface area (Å²) in [5.41, 5.74) is 0.832. The van der Waals surface area contributed by atoms with Crippen molar-refractivity contribution in [3.05, 3.63) is 22.8 Å². The van der Waals surface area contributed by atoms with Crippen LogP contribution in [0.25, 0.3) is 0 Å². The molecule has 10 heteroatoms. The summed E-state index contributed by atoms with van der Waals surface area (Å²) in [7, 11) is 0. The molecule has 2 fully saturated rings. The molecule has 2 saturated heterocycles. The molecule has 0 amide bonds. The number of aliphatic hydroxyl groups is 4. The molecular formula is C18H24N2O8. The lowest BCUT2D eigenvalue weighted by atomic mass is 9.86. The van der Waals surface area contributed by atoms with Crippen molar-refractivity contribution < 1.29 is 39.4 Å². The SMILES string of the molecule is CC1(C)O[C@H]2[C@H](O)[C@H](O)c3nc4c(nc3[C@H]2O1)[C@@H](O)[C@@H](O)[C@@H]1OC(C)(C)O[C@H]41. The molecule has 0 spiro atoms. The Hall–Kier alpha value is -1.24. The van der Waals surface area contributed by atoms with Crippen LogP contribution in [0.15, 0.2) is 0 Å². The number of nitrogens with zero attached hydrogens (tertiary/aromatic N) is 2. The highest BCUT2D eigenvalue weighted by molar-refractivity contribution is 5.34. The monoisotopic (exact) mass is 396 g/mol. The Morgan fingerprint density at radius 2 is 0.964 bits per heavy atom. The predicted octanol–water partition coefficient (Wildman–Crippen LogP) is -0.322. The molecule has 0 saturated carbocycles. The summed E-state index contributed by atoms with van der Waals surface area (Å²) in [5.74, 6) is -1.96. The van der Waals surface area contributed by atoms with E-state index in [-0.39, 0.29) is 22.8 Å². The molecule has 0 unspecified atom stereocenters. The van der Waals surface area contributed by atoms with Gasteiger partial charge in [-0.15, -0.1) is 0 Å². The fourth-order valence-electron chi connectivity index (χ4n) is 4.53. The minimum Gasteiger partial charge on any atom is -0.387 e. The smallest absolute Gasteiger partial charge is 0.164 e.